The van der Waals surface area contributed by atoms with Crippen LogP contribution in [0.1, 0.15) is 6.92 Å². The van der Waals surface area contributed by atoms with E-state index in [-0.39, 0.29) is 10.9 Å². The zero-order valence-electron chi connectivity index (χ0n) is 9.80. The van der Waals surface area contributed by atoms with E-state index >= 15 is 0 Å². The Morgan fingerprint density at radius 3 is 2.65 bits per heavy atom. The Balaban J connectivity index is 2.97. The molecule has 4 N–H and O–H groups in total. The summed E-state index contributed by atoms with van der Waals surface area (Å²) >= 11 is 1.59. The lowest BCUT2D eigenvalue weighted by Gasteiger charge is -2.15. The van der Waals surface area contributed by atoms with Crippen LogP contribution in [-0.2, 0) is 10.0 Å². The smallest absolute Gasteiger partial charge is 0.242 e. The molecule has 96 valence electrons. The van der Waals surface area contributed by atoms with Gasteiger partial charge in [0.05, 0.1) is 5.69 Å². The molecule has 0 aromatic heterocycles. The maximum atomic E-state index is 12.1. The van der Waals surface area contributed by atoms with E-state index in [1.54, 1.807) is 30.0 Å². The van der Waals surface area contributed by atoms with Crippen LogP contribution in [0.25, 0.3) is 0 Å². The van der Waals surface area contributed by atoms with Crippen molar-refractivity contribution in [2.75, 3.05) is 17.4 Å². The van der Waals surface area contributed by atoms with Crippen molar-refractivity contribution in [3.8, 4) is 0 Å². The van der Waals surface area contributed by atoms with Crippen molar-refractivity contribution in [2.45, 2.75) is 17.9 Å². The van der Waals surface area contributed by atoms with Gasteiger partial charge in [-0.1, -0.05) is 12.1 Å². The Hall–Kier alpha value is -0.760. The average molecular weight is 275 g/mol. The second-order valence-electron chi connectivity index (χ2n) is 3.62. The monoisotopic (exact) mass is 275 g/mol. The van der Waals surface area contributed by atoms with Gasteiger partial charge in [0.2, 0.25) is 10.0 Å². The van der Waals surface area contributed by atoms with Crippen molar-refractivity contribution in [1.29, 1.82) is 0 Å². The number of sulfonamides is 1. The van der Waals surface area contributed by atoms with Crippen LogP contribution in [0.3, 0.4) is 0 Å². The average Bonchev–Trinajstić information content (AvgIpc) is 2.28. The molecule has 0 fully saturated rings. The SMILES string of the molecule is CSCC(C)NS(=O)(=O)c1ccccc1NN. The normalized spacial score (nSPS) is 13.4. The number of hydrogen-bond acceptors (Lipinski definition) is 5. The molecular weight excluding hydrogens is 258 g/mol. The first-order valence-electron chi connectivity index (χ1n) is 5.08. The van der Waals surface area contributed by atoms with Gasteiger partial charge in [-0.05, 0) is 25.3 Å². The van der Waals surface area contributed by atoms with Gasteiger partial charge in [-0.25, -0.2) is 13.1 Å². The predicted octanol–water partition coefficient (Wildman–Crippen LogP) is 1.00. The largest absolute Gasteiger partial charge is 0.323 e. The molecule has 0 radical (unpaired) electrons. The van der Waals surface area contributed by atoms with Gasteiger partial charge in [0.25, 0.3) is 0 Å². The fourth-order valence-corrected chi connectivity index (χ4v) is 3.54. The van der Waals surface area contributed by atoms with E-state index < -0.39 is 10.0 Å². The summed E-state index contributed by atoms with van der Waals surface area (Å²) < 4.78 is 26.8. The first-order chi connectivity index (χ1) is 8.01. The van der Waals surface area contributed by atoms with Crippen molar-refractivity contribution < 1.29 is 8.42 Å². The minimum atomic E-state index is -3.53. The van der Waals surface area contributed by atoms with Gasteiger partial charge < -0.3 is 5.43 Å². The number of thioether (sulfide) groups is 1. The Morgan fingerprint density at radius 1 is 1.41 bits per heavy atom. The molecule has 0 heterocycles. The van der Waals surface area contributed by atoms with Gasteiger partial charge in [-0.2, -0.15) is 11.8 Å². The summed E-state index contributed by atoms with van der Waals surface area (Å²) in [6, 6.07) is 6.39. The van der Waals surface area contributed by atoms with E-state index in [1.165, 1.54) is 6.07 Å². The predicted molar refractivity (Wildman–Crippen MR) is 72.4 cm³/mol. The molecule has 17 heavy (non-hydrogen) atoms. The number of nitrogens with one attached hydrogen (secondary N) is 2. The lowest BCUT2D eigenvalue weighted by Crippen LogP contribution is -2.34. The maximum absolute atomic E-state index is 12.1. The van der Waals surface area contributed by atoms with Gasteiger partial charge >= 0.3 is 0 Å². The van der Waals surface area contributed by atoms with Crippen molar-refractivity contribution >= 4 is 27.5 Å². The second-order valence-corrected chi connectivity index (χ2v) is 6.21. The van der Waals surface area contributed by atoms with Crippen molar-refractivity contribution in [3.05, 3.63) is 24.3 Å². The summed E-state index contributed by atoms with van der Waals surface area (Å²) in [5.41, 5.74) is 2.77. The molecular formula is C10H17N3O2S2. The molecule has 0 aliphatic carbocycles. The Morgan fingerprint density at radius 2 is 2.06 bits per heavy atom. The second kappa shape index (κ2) is 6.25. The molecule has 1 aromatic carbocycles. The maximum Gasteiger partial charge on any atom is 0.242 e. The van der Waals surface area contributed by atoms with Crippen LogP contribution < -0.4 is 16.0 Å². The standard InChI is InChI=1S/C10H17N3O2S2/c1-8(7-16-2)13-17(14,15)10-6-4-3-5-9(10)12-11/h3-6,8,12-13H,7,11H2,1-2H3. The van der Waals surface area contributed by atoms with Crippen LogP contribution in [0.15, 0.2) is 29.2 Å². The molecule has 5 nitrogen and oxygen atoms in total. The number of nitrogen functional groups attached to an aromatic ring is 1. The zero-order valence-corrected chi connectivity index (χ0v) is 11.4. The van der Waals surface area contributed by atoms with E-state index in [2.05, 4.69) is 10.1 Å². The first-order valence-corrected chi connectivity index (χ1v) is 7.96. The number of nitrogens with two attached hydrogens (primary N) is 1. The number of para-hydroxylation sites is 1. The third kappa shape index (κ3) is 3.88. The molecule has 1 atom stereocenters. The van der Waals surface area contributed by atoms with Crippen LogP contribution in [0, 0.1) is 0 Å². The van der Waals surface area contributed by atoms with Crippen LogP contribution in [0.5, 0.6) is 0 Å². The summed E-state index contributed by atoms with van der Waals surface area (Å²) in [6.45, 7) is 1.83. The molecule has 0 saturated carbocycles. The van der Waals surface area contributed by atoms with Crippen molar-refractivity contribution in [3.63, 3.8) is 0 Å². The molecule has 1 rings (SSSR count). The minimum absolute atomic E-state index is 0.124. The zero-order chi connectivity index (χ0) is 12.9. The number of benzene rings is 1. The van der Waals surface area contributed by atoms with E-state index in [0.29, 0.717) is 5.69 Å². The highest BCUT2D eigenvalue weighted by Gasteiger charge is 2.19. The van der Waals surface area contributed by atoms with Gasteiger partial charge in [0.15, 0.2) is 0 Å². The van der Waals surface area contributed by atoms with Crippen LogP contribution in [0.4, 0.5) is 5.69 Å². The number of anilines is 1. The van der Waals surface area contributed by atoms with E-state index in [4.69, 9.17) is 5.84 Å². The van der Waals surface area contributed by atoms with E-state index in [9.17, 15) is 8.42 Å². The molecule has 0 aliphatic heterocycles. The topological polar surface area (TPSA) is 84.2 Å². The van der Waals surface area contributed by atoms with Crippen LogP contribution in [-0.4, -0.2) is 26.5 Å². The van der Waals surface area contributed by atoms with Crippen molar-refractivity contribution in [2.24, 2.45) is 5.84 Å². The summed E-state index contributed by atoms with van der Waals surface area (Å²) in [5.74, 6) is 6.01. The molecule has 0 bridgehead atoms. The fourth-order valence-electron chi connectivity index (χ4n) is 1.43. The first kappa shape index (κ1) is 14.3. The molecule has 0 aliphatic rings. The highest BCUT2D eigenvalue weighted by atomic mass is 32.2. The highest BCUT2D eigenvalue weighted by Crippen LogP contribution is 2.19. The van der Waals surface area contributed by atoms with E-state index in [0.717, 1.165) is 5.75 Å². The van der Waals surface area contributed by atoms with Crippen LogP contribution in [0.2, 0.25) is 0 Å². The molecule has 1 aromatic rings. The van der Waals surface area contributed by atoms with Gasteiger partial charge in [-0.15, -0.1) is 0 Å². The lowest BCUT2D eigenvalue weighted by atomic mass is 10.3. The molecule has 0 amide bonds. The molecule has 1 unspecified atom stereocenters. The molecule has 7 heteroatoms. The summed E-state index contributed by atoms with van der Waals surface area (Å²) in [6.07, 6.45) is 1.93. The third-order valence-electron chi connectivity index (χ3n) is 2.11. The Kier molecular flexibility index (Phi) is 5.26. The van der Waals surface area contributed by atoms with Gasteiger partial charge in [0.1, 0.15) is 4.90 Å². The van der Waals surface area contributed by atoms with Crippen molar-refractivity contribution in [1.82, 2.24) is 4.72 Å². The third-order valence-corrected chi connectivity index (χ3v) is 4.59. The molecule has 0 saturated heterocycles. The number of rotatable bonds is 6. The van der Waals surface area contributed by atoms with Gasteiger partial charge in [-0.3, -0.25) is 5.84 Å². The van der Waals surface area contributed by atoms with E-state index in [1.807, 2.05) is 13.2 Å². The van der Waals surface area contributed by atoms with Gasteiger partial charge in [0, 0.05) is 11.8 Å². The summed E-state index contributed by atoms with van der Waals surface area (Å²) in [7, 11) is -3.53. The summed E-state index contributed by atoms with van der Waals surface area (Å²) in [4.78, 5) is 0.162. The minimum Gasteiger partial charge on any atom is -0.323 e. The quantitative estimate of drug-likeness (QED) is 0.533. The summed E-state index contributed by atoms with van der Waals surface area (Å²) in [5, 5.41) is 0. The highest BCUT2D eigenvalue weighted by molar-refractivity contribution is 7.98. The van der Waals surface area contributed by atoms with Crippen LogP contribution >= 0.6 is 11.8 Å². The Bertz CT molecular complexity index is 462. The molecule has 0 spiro atoms. The number of hydrogen-bond donors (Lipinski definition) is 3. The fraction of sp³-hybridized carbons (Fsp3) is 0.400. The Labute approximate surface area is 106 Å². The lowest BCUT2D eigenvalue weighted by molar-refractivity contribution is 0.571. The number of hydrazine groups is 1.